The monoisotopic (exact) mass is 260 g/mol. The molecule has 1 aromatic carbocycles. The first-order valence-electron chi connectivity index (χ1n) is 7.62. The smallest absolute Gasteiger partial charge is 0.0108 e. The minimum Gasteiger partial charge on any atom is -0.330 e. The summed E-state index contributed by atoms with van der Waals surface area (Å²) >= 11 is 0. The van der Waals surface area contributed by atoms with Gasteiger partial charge in [0.25, 0.3) is 0 Å². The molecule has 106 valence electrons. The Kier molecular flexibility index (Phi) is 5.00. The fourth-order valence-electron chi connectivity index (χ4n) is 3.14. The first kappa shape index (κ1) is 14.5. The third kappa shape index (κ3) is 3.80. The number of hydrogen-bond donors (Lipinski definition) is 2. The third-order valence-corrected chi connectivity index (χ3v) is 4.57. The molecule has 0 heterocycles. The van der Waals surface area contributed by atoms with Gasteiger partial charge in [0.05, 0.1) is 0 Å². The third-order valence-electron chi connectivity index (χ3n) is 4.57. The zero-order valence-corrected chi connectivity index (χ0v) is 12.4. The molecule has 19 heavy (non-hydrogen) atoms. The highest BCUT2D eigenvalue weighted by molar-refractivity contribution is 5.23. The molecular formula is C17H28N2. The predicted octanol–water partition coefficient (Wildman–Crippen LogP) is 3.07. The van der Waals surface area contributed by atoms with Crippen molar-refractivity contribution in [1.29, 1.82) is 0 Å². The molecule has 2 heteroatoms. The molecule has 2 nitrogen and oxygen atoms in total. The van der Waals surface area contributed by atoms with Crippen LogP contribution in [-0.4, -0.2) is 19.1 Å². The van der Waals surface area contributed by atoms with Gasteiger partial charge >= 0.3 is 0 Å². The van der Waals surface area contributed by atoms with Gasteiger partial charge in [0.2, 0.25) is 0 Å². The van der Waals surface area contributed by atoms with E-state index in [1.54, 1.807) is 0 Å². The molecule has 0 radical (unpaired) electrons. The van der Waals surface area contributed by atoms with Crippen LogP contribution in [0.3, 0.4) is 0 Å². The second-order valence-electron chi connectivity index (χ2n) is 6.52. The van der Waals surface area contributed by atoms with Crippen molar-refractivity contribution in [2.45, 2.75) is 51.0 Å². The van der Waals surface area contributed by atoms with Gasteiger partial charge in [0.1, 0.15) is 0 Å². The highest BCUT2D eigenvalue weighted by atomic mass is 14.9. The molecule has 0 spiro atoms. The van der Waals surface area contributed by atoms with Crippen LogP contribution in [0.15, 0.2) is 30.3 Å². The van der Waals surface area contributed by atoms with Crippen molar-refractivity contribution < 1.29 is 0 Å². The fraction of sp³-hybridized carbons (Fsp3) is 0.647. The van der Waals surface area contributed by atoms with E-state index in [1.807, 2.05) is 0 Å². The lowest BCUT2D eigenvalue weighted by Gasteiger charge is -2.35. The minimum atomic E-state index is 0.178. The van der Waals surface area contributed by atoms with E-state index in [-0.39, 0.29) is 5.41 Å². The summed E-state index contributed by atoms with van der Waals surface area (Å²) in [6, 6.07) is 11.4. The van der Waals surface area contributed by atoms with Gasteiger partial charge in [0, 0.05) is 18.0 Å². The van der Waals surface area contributed by atoms with Crippen LogP contribution in [0.5, 0.6) is 0 Å². The van der Waals surface area contributed by atoms with Gasteiger partial charge in [-0.05, 0) is 30.9 Å². The quantitative estimate of drug-likeness (QED) is 0.854. The van der Waals surface area contributed by atoms with E-state index in [0.29, 0.717) is 12.0 Å². The van der Waals surface area contributed by atoms with Crippen LogP contribution >= 0.6 is 0 Å². The molecule has 3 N–H and O–H groups in total. The second-order valence-corrected chi connectivity index (χ2v) is 6.52. The molecule has 2 unspecified atom stereocenters. The van der Waals surface area contributed by atoms with Crippen LogP contribution in [0.1, 0.15) is 45.1 Å². The molecule has 0 aliphatic heterocycles. The standard InChI is InChI=1S/C17H28N2/c1-17(2,15-9-4-3-5-10-15)13-19-16-11-7-6-8-14(16)12-18/h3-5,9-10,14,16,19H,6-8,11-13,18H2,1-2H3. The zero-order chi connectivity index (χ0) is 13.7. The largest absolute Gasteiger partial charge is 0.330 e. The Bertz CT molecular complexity index is 372. The van der Waals surface area contributed by atoms with E-state index in [0.717, 1.165) is 13.1 Å². The molecular weight excluding hydrogens is 232 g/mol. The molecule has 1 aromatic rings. The van der Waals surface area contributed by atoms with Gasteiger partial charge in [0.15, 0.2) is 0 Å². The summed E-state index contributed by atoms with van der Waals surface area (Å²) in [6.07, 6.45) is 5.27. The lowest BCUT2D eigenvalue weighted by atomic mass is 9.81. The molecule has 1 aliphatic rings. The van der Waals surface area contributed by atoms with Gasteiger partial charge < -0.3 is 11.1 Å². The summed E-state index contributed by atoms with van der Waals surface area (Å²) < 4.78 is 0. The Labute approximate surface area is 117 Å². The average Bonchev–Trinajstić information content (AvgIpc) is 2.46. The lowest BCUT2D eigenvalue weighted by molar-refractivity contribution is 0.254. The van der Waals surface area contributed by atoms with Crippen molar-refractivity contribution in [1.82, 2.24) is 5.32 Å². The van der Waals surface area contributed by atoms with Gasteiger partial charge in [-0.3, -0.25) is 0 Å². The van der Waals surface area contributed by atoms with Gasteiger partial charge in [-0.25, -0.2) is 0 Å². The topological polar surface area (TPSA) is 38.0 Å². The van der Waals surface area contributed by atoms with Crippen LogP contribution in [0.2, 0.25) is 0 Å². The molecule has 0 bridgehead atoms. The normalized spacial score (nSPS) is 24.4. The highest BCUT2D eigenvalue weighted by Gasteiger charge is 2.27. The summed E-state index contributed by atoms with van der Waals surface area (Å²) in [5.41, 5.74) is 7.49. The number of nitrogens with one attached hydrogen (secondary N) is 1. The summed E-state index contributed by atoms with van der Waals surface area (Å²) in [7, 11) is 0. The van der Waals surface area contributed by atoms with E-state index >= 15 is 0 Å². The fourth-order valence-corrected chi connectivity index (χ4v) is 3.14. The number of benzene rings is 1. The highest BCUT2D eigenvalue weighted by Crippen LogP contribution is 2.26. The van der Waals surface area contributed by atoms with E-state index in [9.17, 15) is 0 Å². The predicted molar refractivity (Wildman–Crippen MR) is 82.3 cm³/mol. The second kappa shape index (κ2) is 6.53. The molecule has 0 saturated heterocycles. The van der Waals surface area contributed by atoms with Crippen LogP contribution in [0.4, 0.5) is 0 Å². The maximum Gasteiger partial charge on any atom is 0.0108 e. The van der Waals surface area contributed by atoms with Crippen LogP contribution < -0.4 is 11.1 Å². The van der Waals surface area contributed by atoms with Crippen molar-refractivity contribution in [3.8, 4) is 0 Å². The molecule has 0 aromatic heterocycles. The van der Waals surface area contributed by atoms with E-state index < -0.39 is 0 Å². The molecule has 1 fully saturated rings. The summed E-state index contributed by atoms with van der Waals surface area (Å²) in [6.45, 7) is 6.48. The molecule has 2 atom stereocenters. The summed E-state index contributed by atoms with van der Waals surface area (Å²) in [5, 5.41) is 3.78. The Morgan fingerprint density at radius 2 is 1.84 bits per heavy atom. The van der Waals surface area contributed by atoms with E-state index in [1.165, 1.54) is 31.2 Å². The van der Waals surface area contributed by atoms with Crippen LogP contribution in [0, 0.1) is 5.92 Å². The average molecular weight is 260 g/mol. The van der Waals surface area contributed by atoms with Crippen molar-refractivity contribution in [3.63, 3.8) is 0 Å². The van der Waals surface area contributed by atoms with E-state index in [4.69, 9.17) is 5.73 Å². The van der Waals surface area contributed by atoms with Gasteiger partial charge in [-0.1, -0.05) is 57.0 Å². The Morgan fingerprint density at radius 3 is 2.53 bits per heavy atom. The summed E-state index contributed by atoms with van der Waals surface area (Å²) in [4.78, 5) is 0. The maximum atomic E-state index is 5.90. The van der Waals surface area contributed by atoms with Crippen LogP contribution in [-0.2, 0) is 5.41 Å². The Morgan fingerprint density at radius 1 is 1.16 bits per heavy atom. The van der Waals surface area contributed by atoms with Crippen molar-refractivity contribution in [2.75, 3.05) is 13.1 Å². The number of nitrogens with two attached hydrogens (primary N) is 1. The first-order chi connectivity index (χ1) is 9.13. The first-order valence-corrected chi connectivity index (χ1v) is 7.62. The van der Waals surface area contributed by atoms with Gasteiger partial charge in [-0.15, -0.1) is 0 Å². The molecule has 1 saturated carbocycles. The molecule has 1 aliphatic carbocycles. The minimum absolute atomic E-state index is 0.178. The number of rotatable bonds is 5. The lowest BCUT2D eigenvalue weighted by Crippen LogP contribution is -2.46. The zero-order valence-electron chi connectivity index (χ0n) is 12.4. The van der Waals surface area contributed by atoms with Crippen molar-refractivity contribution >= 4 is 0 Å². The Balaban J connectivity index is 1.93. The Hall–Kier alpha value is -0.860. The molecule has 2 rings (SSSR count). The van der Waals surface area contributed by atoms with Crippen LogP contribution in [0.25, 0.3) is 0 Å². The van der Waals surface area contributed by atoms with E-state index in [2.05, 4.69) is 49.5 Å². The van der Waals surface area contributed by atoms with Crippen molar-refractivity contribution in [3.05, 3.63) is 35.9 Å². The number of hydrogen-bond acceptors (Lipinski definition) is 2. The summed E-state index contributed by atoms with van der Waals surface area (Å²) in [5.74, 6) is 0.667. The SMILES string of the molecule is CC(C)(CNC1CCCCC1CN)c1ccccc1. The van der Waals surface area contributed by atoms with Gasteiger partial charge in [-0.2, -0.15) is 0 Å². The molecule has 0 amide bonds. The maximum absolute atomic E-state index is 5.90. The van der Waals surface area contributed by atoms with Crippen molar-refractivity contribution in [2.24, 2.45) is 11.7 Å².